The van der Waals surface area contributed by atoms with E-state index in [-0.39, 0.29) is 4.87 Å². The summed E-state index contributed by atoms with van der Waals surface area (Å²) in [7, 11) is -2.01. The molecule has 0 aliphatic rings. The summed E-state index contributed by atoms with van der Waals surface area (Å²) in [4.78, 5) is 24.6. The van der Waals surface area contributed by atoms with E-state index in [1.165, 1.54) is 0 Å². The molecule has 0 radical (unpaired) electrons. The van der Waals surface area contributed by atoms with Crippen LogP contribution in [-0.2, 0) is 21.9 Å². The first-order chi connectivity index (χ1) is 13.5. The number of amides is 1. The monoisotopic (exact) mass is 433 g/mol. The van der Waals surface area contributed by atoms with Gasteiger partial charge < -0.3 is 9.88 Å². The number of sulfonamides is 1. The molecule has 1 atom stereocenters. The number of thiazole rings is 1. The van der Waals surface area contributed by atoms with Crippen LogP contribution in [0.3, 0.4) is 0 Å². The van der Waals surface area contributed by atoms with Gasteiger partial charge in [-0.2, -0.15) is 0 Å². The second-order valence-electron chi connectivity index (χ2n) is 7.12. The van der Waals surface area contributed by atoms with Gasteiger partial charge in [-0.1, -0.05) is 23.5 Å². The first-order valence-corrected chi connectivity index (χ1v) is 11.6. The number of aromatic nitrogens is 1. The molecule has 7 nitrogen and oxygen atoms in total. The van der Waals surface area contributed by atoms with Gasteiger partial charge in [0.05, 0.1) is 22.2 Å². The minimum Gasteiger partial charge on any atom is -0.324 e. The summed E-state index contributed by atoms with van der Waals surface area (Å²) in [5.41, 5.74) is 3.42. The van der Waals surface area contributed by atoms with E-state index in [4.69, 9.17) is 0 Å². The van der Waals surface area contributed by atoms with E-state index in [2.05, 4.69) is 5.32 Å². The molecule has 1 aromatic heterocycles. The van der Waals surface area contributed by atoms with Gasteiger partial charge in [0.1, 0.15) is 6.04 Å². The molecule has 0 saturated carbocycles. The number of rotatable bonds is 5. The highest BCUT2D eigenvalue weighted by molar-refractivity contribution is 7.92. The van der Waals surface area contributed by atoms with Crippen LogP contribution in [0.5, 0.6) is 0 Å². The van der Waals surface area contributed by atoms with Crippen molar-refractivity contribution in [2.45, 2.75) is 26.8 Å². The van der Waals surface area contributed by atoms with Crippen molar-refractivity contribution in [3.8, 4) is 0 Å². The molecule has 1 N–H and O–H groups in total. The standard InChI is InChI=1S/C20H23N3O4S2/c1-12-6-7-13(2)17(10-12)23(29(5,26)27)14(3)19(24)21-15-8-9-16-18(11-15)28-20(25)22(16)4/h6-11,14H,1-5H3,(H,21,24). The van der Waals surface area contributed by atoms with Crippen LogP contribution in [-0.4, -0.2) is 31.2 Å². The van der Waals surface area contributed by atoms with Crippen LogP contribution < -0.4 is 14.5 Å². The first kappa shape index (κ1) is 21.1. The number of carbonyl (C=O) groups is 1. The van der Waals surface area contributed by atoms with E-state index in [0.29, 0.717) is 11.4 Å². The van der Waals surface area contributed by atoms with Gasteiger partial charge in [0.25, 0.3) is 0 Å². The lowest BCUT2D eigenvalue weighted by Crippen LogP contribution is -2.45. The number of anilines is 2. The maximum absolute atomic E-state index is 12.9. The number of benzene rings is 2. The topological polar surface area (TPSA) is 88.5 Å². The highest BCUT2D eigenvalue weighted by Gasteiger charge is 2.30. The lowest BCUT2D eigenvalue weighted by atomic mass is 10.1. The molecule has 1 amide bonds. The normalized spacial score (nSPS) is 12.7. The molecule has 0 bridgehead atoms. The molecule has 3 rings (SSSR count). The van der Waals surface area contributed by atoms with E-state index in [0.717, 1.165) is 43.2 Å². The van der Waals surface area contributed by atoms with Crippen LogP contribution >= 0.6 is 11.3 Å². The average molecular weight is 434 g/mol. The SMILES string of the molecule is Cc1ccc(C)c(N(C(C)C(=O)Nc2ccc3c(c2)sc(=O)n3C)S(C)(=O)=O)c1. The molecule has 1 heterocycles. The third-order valence-corrected chi connectivity index (χ3v) is 6.97. The molecular formula is C20H23N3O4S2. The molecule has 3 aromatic rings. The van der Waals surface area contributed by atoms with Crippen LogP contribution in [0.1, 0.15) is 18.1 Å². The highest BCUT2D eigenvalue weighted by Crippen LogP contribution is 2.27. The smallest absolute Gasteiger partial charge is 0.307 e. The van der Waals surface area contributed by atoms with E-state index in [9.17, 15) is 18.0 Å². The van der Waals surface area contributed by atoms with Gasteiger partial charge in [0, 0.05) is 12.7 Å². The predicted molar refractivity (Wildman–Crippen MR) is 118 cm³/mol. The van der Waals surface area contributed by atoms with Crippen LogP contribution in [0.4, 0.5) is 11.4 Å². The molecule has 0 saturated heterocycles. The zero-order chi connectivity index (χ0) is 21.5. The van der Waals surface area contributed by atoms with E-state index in [1.807, 2.05) is 26.0 Å². The molecule has 0 fully saturated rings. The van der Waals surface area contributed by atoms with Crippen molar-refractivity contribution in [1.82, 2.24) is 4.57 Å². The summed E-state index contributed by atoms with van der Waals surface area (Å²) >= 11 is 1.09. The Morgan fingerprint density at radius 2 is 1.86 bits per heavy atom. The predicted octanol–water partition coefficient (Wildman–Crippen LogP) is 3.01. The maximum Gasteiger partial charge on any atom is 0.307 e. The number of hydrogen-bond donors (Lipinski definition) is 1. The zero-order valence-corrected chi connectivity index (χ0v) is 18.5. The largest absolute Gasteiger partial charge is 0.324 e. The average Bonchev–Trinajstić information content (AvgIpc) is 2.90. The van der Waals surface area contributed by atoms with Crippen molar-refractivity contribution in [3.63, 3.8) is 0 Å². The van der Waals surface area contributed by atoms with Gasteiger partial charge in [0.15, 0.2) is 0 Å². The molecular weight excluding hydrogens is 410 g/mol. The number of nitrogens with one attached hydrogen (secondary N) is 1. The van der Waals surface area contributed by atoms with E-state index in [1.54, 1.807) is 42.8 Å². The van der Waals surface area contributed by atoms with Crippen molar-refractivity contribution in [1.29, 1.82) is 0 Å². The summed E-state index contributed by atoms with van der Waals surface area (Å²) in [6.45, 7) is 5.23. The third kappa shape index (κ3) is 4.20. The van der Waals surface area contributed by atoms with E-state index < -0.39 is 22.0 Å². The summed E-state index contributed by atoms with van der Waals surface area (Å²) in [6.07, 6.45) is 1.09. The Balaban J connectivity index is 1.94. The fourth-order valence-corrected chi connectivity index (χ4v) is 5.34. The molecule has 0 aliphatic heterocycles. The Morgan fingerprint density at radius 1 is 1.17 bits per heavy atom. The summed E-state index contributed by atoms with van der Waals surface area (Å²) in [6, 6.07) is 9.69. The minimum atomic E-state index is -3.70. The minimum absolute atomic E-state index is 0.0879. The van der Waals surface area contributed by atoms with Gasteiger partial charge in [-0.25, -0.2) is 8.42 Å². The van der Waals surface area contributed by atoms with Crippen LogP contribution in [0, 0.1) is 13.8 Å². The summed E-state index contributed by atoms with van der Waals surface area (Å²) in [5, 5.41) is 2.77. The Morgan fingerprint density at radius 3 is 2.52 bits per heavy atom. The number of nitrogens with zero attached hydrogens (tertiary/aromatic N) is 2. The van der Waals surface area contributed by atoms with Gasteiger partial charge in [0.2, 0.25) is 15.9 Å². The van der Waals surface area contributed by atoms with Crippen molar-refractivity contribution in [2.24, 2.45) is 7.05 Å². The summed E-state index contributed by atoms with van der Waals surface area (Å²) < 4.78 is 28.5. The van der Waals surface area contributed by atoms with Gasteiger partial charge >= 0.3 is 4.87 Å². The van der Waals surface area contributed by atoms with Gasteiger partial charge in [-0.15, -0.1) is 0 Å². The van der Waals surface area contributed by atoms with Gasteiger partial charge in [-0.05, 0) is 56.2 Å². The molecule has 9 heteroatoms. The number of aryl methyl sites for hydroxylation is 3. The van der Waals surface area contributed by atoms with Crippen molar-refractivity contribution >= 4 is 48.9 Å². The van der Waals surface area contributed by atoms with Crippen LogP contribution in [0.15, 0.2) is 41.2 Å². The molecule has 0 spiro atoms. The zero-order valence-electron chi connectivity index (χ0n) is 16.9. The Kier molecular flexibility index (Phi) is 5.55. The fraction of sp³-hybridized carbons (Fsp3) is 0.300. The molecule has 1 unspecified atom stereocenters. The van der Waals surface area contributed by atoms with Crippen molar-refractivity contribution in [3.05, 3.63) is 57.2 Å². The van der Waals surface area contributed by atoms with Crippen LogP contribution in [0.2, 0.25) is 0 Å². The lowest BCUT2D eigenvalue weighted by Gasteiger charge is -2.29. The molecule has 29 heavy (non-hydrogen) atoms. The highest BCUT2D eigenvalue weighted by atomic mass is 32.2. The second-order valence-corrected chi connectivity index (χ2v) is 9.98. The quantitative estimate of drug-likeness (QED) is 0.670. The number of hydrogen-bond acceptors (Lipinski definition) is 5. The van der Waals surface area contributed by atoms with Crippen molar-refractivity contribution in [2.75, 3.05) is 15.9 Å². The lowest BCUT2D eigenvalue weighted by molar-refractivity contribution is -0.116. The maximum atomic E-state index is 12.9. The first-order valence-electron chi connectivity index (χ1n) is 8.96. The Hall–Kier alpha value is -2.65. The summed E-state index contributed by atoms with van der Waals surface area (Å²) in [5.74, 6) is -0.459. The molecule has 0 aliphatic carbocycles. The molecule has 2 aromatic carbocycles. The van der Waals surface area contributed by atoms with Crippen molar-refractivity contribution < 1.29 is 13.2 Å². The Bertz CT molecular complexity index is 1260. The fourth-order valence-electron chi connectivity index (χ4n) is 3.20. The Labute approximate surface area is 173 Å². The third-order valence-electron chi connectivity index (χ3n) is 4.75. The van der Waals surface area contributed by atoms with Gasteiger partial charge in [-0.3, -0.25) is 13.9 Å². The van der Waals surface area contributed by atoms with E-state index >= 15 is 0 Å². The molecule has 154 valence electrons. The number of carbonyl (C=O) groups excluding carboxylic acids is 1. The number of fused-ring (bicyclic) bond motifs is 1. The van der Waals surface area contributed by atoms with Crippen LogP contribution in [0.25, 0.3) is 10.2 Å². The second kappa shape index (κ2) is 7.64.